The molecule has 0 aliphatic carbocycles. The molecule has 2 aromatic heterocycles. The van der Waals surface area contributed by atoms with Crippen molar-refractivity contribution in [3.8, 4) is 16.9 Å². The third-order valence-corrected chi connectivity index (χ3v) is 6.72. The van der Waals surface area contributed by atoms with Crippen molar-refractivity contribution in [1.29, 1.82) is 0 Å². The SMILES string of the molecule is Cc1c(N=c2scc(-c3ccc(F)cc3)n2Cc2ccccc2)c(=O)n(-c2ccccc2)n1C. The zero-order chi connectivity index (χ0) is 23.7. The van der Waals surface area contributed by atoms with Crippen molar-refractivity contribution in [3.05, 3.63) is 123 Å². The Hall–Kier alpha value is -3.97. The molecule has 5 rings (SSSR count). The third-order valence-electron chi connectivity index (χ3n) is 5.85. The van der Waals surface area contributed by atoms with Crippen LogP contribution in [-0.2, 0) is 13.6 Å². The molecule has 0 amide bonds. The van der Waals surface area contributed by atoms with Crippen LogP contribution < -0.4 is 10.4 Å². The Balaban J connectivity index is 1.70. The van der Waals surface area contributed by atoms with E-state index in [-0.39, 0.29) is 11.4 Å². The highest BCUT2D eigenvalue weighted by molar-refractivity contribution is 7.07. The molecule has 0 aliphatic heterocycles. The summed E-state index contributed by atoms with van der Waals surface area (Å²) < 4.78 is 19.1. The van der Waals surface area contributed by atoms with Crippen LogP contribution in [0.3, 0.4) is 0 Å². The molecule has 0 spiro atoms. The average Bonchev–Trinajstić information content (AvgIpc) is 3.34. The number of thiazole rings is 1. The molecule has 0 radical (unpaired) electrons. The third kappa shape index (κ3) is 4.06. The van der Waals surface area contributed by atoms with E-state index in [9.17, 15) is 9.18 Å². The van der Waals surface area contributed by atoms with E-state index in [0.29, 0.717) is 17.0 Å². The monoisotopic (exact) mass is 470 g/mol. The lowest BCUT2D eigenvalue weighted by atomic mass is 10.1. The van der Waals surface area contributed by atoms with Gasteiger partial charge in [-0.05, 0) is 54.4 Å². The predicted octanol–water partition coefficient (Wildman–Crippen LogP) is 5.43. The highest BCUT2D eigenvalue weighted by Gasteiger charge is 2.17. The maximum Gasteiger partial charge on any atom is 0.297 e. The summed E-state index contributed by atoms with van der Waals surface area (Å²) in [5, 5.41) is 2.00. The van der Waals surface area contributed by atoms with Gasteiger partial charge in [-0.3, -0.25) is 9.48 Å². The van der Waals surface area contributed by atoms with Gasteiger partial charge in [0, 0.05) is 12.4 Å². The number of aromatic nitrogens is 3. The molecule has 0 unspecified atom stereocenters. The molecule has 2 heterocycles. The van der Waals surface area contributed by atoms with E-state index >= 15 is 0 Å². The fourth-order valence-electron chi connectivity index (χ4n) is 3.97. The van der Waals surface area contributed by atoms with Crippen LogP contribution in [0.25, 0.3) is 16.9 Å². The first-order chi connectivity index (χ1) is 16.5. The van der Waals surface area contributed by atoms with Crippen molar-refractivity contribution in [1.82, 2.24) is 13.9 Å². The van der Waals surface area contributed by atoms with Crippen LogP contribution >= 0.6 is 11.3 Å². The highest BCUT2D eigenvalue weighted by Crippen LogP contribution is 2.23. The largest absolute Gasteiger partial charge is 0.312 e. The zero-order valence-electron chi connectivity index (χ0n) is 18.9. The van der Waals surface area contributed by atoms with Crippen molar-refractivity contribution in [3.63, 3.8) is 0 Å². The van der Waals surface area contributed by atoms with E-state index in [1.165, 1.54) is 23.5 Å². The molecule has 7 heteroatoms. The van der Waals surface area contributed by atoms with E-state index < -0.39 is 0 Å². The number of halogens is 1. The molecule has 0 saturated heterocycles. The lowest BCUT2D eigenvalue weighted by Gasteiger charge is -2.09. The normalized spacial score (nSPS) is 11.8. The van der Waals surface area contributed by atoms with Crippen LogP contribution in [0.15, 0.2) is 100 Å². The van der Waals surface area contributed by atoms with E-state index in [1.54, 1.807) is 16.8 Å². The summed E-state index contributed by atoms with van der Waals surface area (Å²) in [7, 11) is 1.86. The molecule has 0 bridgehead atoms. The fourth-order valence-corrected chi connectivity index (χ4v) is 4.88. The summed E-state index contributed by atoms with van der Waals surface area (Å²) in [4.78, 5) is 19.0. The fraction of sp³-hybridized carbons (Fsp3) is 0.111. The highest BCUT2D eigenvalue weighted by atomic mass is 32.1. The second-order valence-electron chi connectivity index (χ2n) is 8.00. The Bertz CT molecular complexity index is 1560. The van der Waals surface area contributed by atoms with Gasteiger partial charge in [-0.15, -0.1) is 11.3 Å². The number of hydrogen-bond donors (Lipinski definition) is 0. The molecule has 5 nitrogen and oxygen atoms in total. The van der Waals surface area contributed by atoms with Crippen molar-refractivity contribution in [2.45, 2.75) is 13.5 Å². The predicted molar refractivity (Wildman–Crippen MR) is 134 cm³/mol. The quantitative estimate of drug-likeness (QED) is 0.338. The van der Waals surface area contributed by atoms with Crippen LogP contribution in [0.2, 0.25) is 0 Å². The standard InChI is InChI=1S/C27H23FN4OS/c1-19-25(26(33)32(30(19)2)23-11-7-4-8-12-23)29-27-31(17-20-9-5-3-6-10-20)24(18-34-27)21-13-15-22(28)16-14-21/h3-16,18H,17H2,1-2H3. The number of para-hydroxylation sites is 1. The van der Waals surface area contributed by atoms with Gasteiger partial charge in [-0.1, -0.05) is 48.5 Å². The van der Waals surface area contributed by atoms with Crippen molar-refractivity contribution < 1.29 is 4.39 Å². The summed E-state index contributed by atoms with van der Waals surface area (Å²) in [5.41, 5.74) is 4.71. The molecule has 3 aromatic carbocycles. The maximum absolute atomic E-state index is 13.5. The molecule has 0 saturated carbocycles. The van der Waals surface area contributed by atoms with E-state index in [4.69, 9.17) is 4.99 Å². The Morgan fingerprint density at radius 3 is 2.24 bits per heavy atom. The summed E-state index contributed by atoms with van der Waals surface area (Å²) in [5.74, 6) is -0.278. The minimum Gasteiger partial charge on any atom is -0.312 e. The van der Waals surface area contributed by atoms with Gasteiger partial charge >= 0.3 is 0 Å². The summed E-state index contributed by atoms with van der Waals surface area (Å²) in [6, 6.07) is 26.1. The Morgan fingerprint density at radius 1 is 0.912 bits per heavy atom. The zero-order valence-corrected chi connectivity index (χ0v) is 19.7. The average molecular weight is 471 g/mol. The molecule has 0 atom stereocenters. The molecule has 0 fully saturated rings. The maximum atomic E-state index is 13.5. The van der Waals surface area contributed by atoms with Crippen molar-refractivity contribution in [2.24, 2.45) is 12.0 Å². The smallest absolute Gasteiger partial charge is 0.297 e. The molecule has 5 aromatic rings. The number of nitrogens with zero attached hydrogens (tertiary/aromatic N) is 4. The van der Waals surface area contributed by atoms with Crippen molar-refractivity contribution >= 4 is 17.0 Å². The number of benzene rings is 3. The van der Waals surface area contributed by atoms with Gasteiger partial charge in [-0.2, -0.15) is 0 Å². The van der Waals surface area contributed by atoms with E-state index in [2.05, 4.69) is 16.7 Å². The van der Waals surface area contributed by atoms with Crippen LogP contribution in [0.4, 0.5) is 10.1 Å². The van der Waals surface area contributed by atoms with Gasteiger partial charge in [0.15, 0.2) is 10.5 Å². The molecular formula is C27H23FN4OS. The van der Waals surface area contributed by atoms with Gasteiger partial charge < -0.3 is 4.57 Å². The van der Waals surface area contributed by atoms with Crippen LogP contribution in [0.5, 0.6) is 0 Å². The van der Waals surface area contributed by atoms with Gasteiger partial charge in [0.05, 0.1) is 23.6 Å². The lowest BCUT2D eigenvalue weighted by Crippen LogP contribution is -2.20. The number of rotatable bonds is 5. The Labute approximate surface area is 200 Å². The van der Waals surface area contributed by atoms with Crippen molar-refractivity contribution in [2.75, 3.05) is 0 Å². The Morgan fingerprint density at radius 2 is 1.56 bits per heavy atom. The first kappa shape index (κ1) is 21.9. The minimum atomic E-state index is -0.278. The van der Waals surface area contributed by atoms with Gasteiger partial charge in [-0.25, -0.2) is 14.1 Å². The molecular weight excluding hydrogens is 447 g/mol. The first-order valence-corrected chi connectivity index (χ1v) is 11.8. The van der Waals surface area contributed by atoms with Gasteiger partial charge in [0.1, 0.15) is 5.82 Å². The van der Waals surface area contributed by atoms with E-state index in [0.717, 1.165) is 28.2 Å². The summed E-state index contributed by atoms with van der Waals surface area (Å²) in [6.45, 7) is 2.48. The lowest BCUT2D eigenvalue weighted by molar-refractivity contribution is 0.628. The first-order valence-electron chi connectivity index (χ1n) is 10.9. The van der Waals surface area contributed by atoms with Crippen LogP contribution in [0.1, 0.15) is 11.3 Å². The number of hydrogen-bond acceptors (Lipinski definition) is 3. The topological polar surface area (TPSA) is 44.2 Å². The van der Waals surface area contributed by atoms with Gasteiger partial charge in [0.25, 0.3) is 5.56 Å². The molecule has 0 aliphatic rings. The summed E-state index contributed by atoms with van der Waals surface area (Å²) in [6.07, 6.45) is 0. The molecule has 170 valence electrons. The summed E-state index contributed by atoms with van der Waals surface area (Å²) >= 11 is 1.46. The van der Waals surface area contributed by atoms with Crippen LogP contribution in [0, 0.1) is 12.7 Å². The minimum absolute atomic E-state index is 0.172. The van der Waals surface area contributed by atoms with Crippen LogP contribution in [-0.4, -0.2) is 13.9 Å². The second kappa shape index (κ2) is 9.11. The molecule has 0 N–H and O–H groups in total. The van der Waals surface area contributed by atoms with E-state index in [1.807, 2.05) is 72.6 Å². The van der Waals surface area contributed by atoms with Gasteiger partial charge in [0.2, 0.25) is 0 Å². The Kier molecular flexibility index (Phi) is 5.86. The molecule has 34 heavy (non-hydrogen) atoms. The second-order valence-corrected chi connectivity index (χ2v) is 8.84.